The molecule has 1 saturated heterocycles. The molecular formula is C18H18Cl2N4O2S2. The van der Waals surface area contributed by atoms with E-state index in [4.69, 9.17) is 23.2 Å². The second-order valence-corrected chi connectivity index (χ2v) is 9.77. The van der Waals surface area contributed by atoms with Gasteiger partial charge in [-0.3, -0.25) is 4.72 Å². The van der Waals surface area contributed by atoms with E-state index in [1.54, 1.807) is 42.6 Å². The van der Waals surface area contributed by atoms with Crippen molar-refractivity contribution < 1.29 is 8.42 Å². The third-order valence-electron chi connectivity index (χ3n) is 4.49. The number of anilines is 1. The van der Waals surface area contributed by atoms with Crippen molar-refractivity contribution in [3.8, 4) is 0 Å². The van der Waals surface area contributed by atoms with E-state index in [1.807, 2.05) is 4.31 Å². The largest absolute Gasteiger partial charge is 0.358 e. The number of fused-ring (bicyclic) bond motifs is 1. The molecule has 10 heteroatoms. The molecule has 3 N–H and O–H groups in total. The van der Waals surface area contributed by atoms with E-state index in [9.17, 15) is 8.42 Å². The molecule has 1 aliphatic rings. The summed E-state index contributed by atoms with van der Waals surface area (Å²) in [6, 6.07) is 10.4. The minimum Gasteiger partial charge on any atom is -0.358 e. The number of rotatable bonds is 5. The summed E-state index contributed by atoms with van der Waals surface area (Å²) in [4.78, 5) is 4.34. The zero-order valence-corrected chi connectivity index (χ0v) is 17.9. The molecule has 0 radical (unpaired) electrons. The molecule has 2 unspecified atom stereocenters. The summed E-state index contributed by atoms with van der Waals surface area (Å²) in [5.74, 6) is 0. The Hall–Kier alpha value is -1.42. The molecule has 0 amide bonds. The van der Waals surface area contributed by atoms with E-state index >= 15 is 0 Å². The van der Waals surface area contributed by atoms with E-state index in [-0.39, 0.29) is 0 Å². The van der Waals surface area contributed by atoms with Crippen molar-refractivity contribution in [2.75, 3.05) is 30.9 Å². The van der Waals surface area contributed by atoms with Crippen LogP contribution in [0.15, 0.2) is 52.4 Å². The maximum absolute atomic E-state index is 12.8. The third kappa shape index (κ3) is 3.98. The summed E-state index contributed by atoms with van der Waals surface area (Å²) < 4.78 is 30.3. The van der Waals surface area contributed by atoms with Gasteiger partial charge in [-0.15, -0.1) is 0 Å². The molecular weight excluding hydrogens is 439 g/mol. The number of benzene rings is 2. The molecule has 0 spiro atoms. The van der Waals surface area contributed by atoms with Crippen LogP contribution in [0, 0.1) is 0 Å². The van der Waals surface area contributed by atoms with Gasteiger partial charge in [0.2, 0.25) is 0 Å². The summed E-state index contributed by atoms with van der Waals surface area (Å²) in [6.45, 7) is 3.15. The second-order valence-electron chi connectivity index (χ2n) is 6.25. The van der Waals surface area contributed by atoms with Gasteiger partial charge in [-0.2, -0.15) is 0 Å². The summed E-state index contributed by atoms with van der Waals surface area (Å²) in [6.07, 6.45) is 1.65. The smallest absolute Gasteiger partial charge is 0.150 e. The lowest BCUT2D eigenvalue weighted by Crippen LogP contribution is -2.44. The number of piperazine rings is 1. The van der Waals surface area contributed by atoms with Crippen molar-refractivity contribution >= 4 is 61.8 Å². The minimum absolute atomic E-state index is 0.508. The molecule has 2 atom stereocenters. The molecule has 2 aromatic carbocycles. The minimum atomic E-state index is -1.49. The number of hydrogen-bond donors (Lipinski definition) is 3. The van der Waals surface area contributed by atoms with Crippen LogP contribution < -0.4 is 10.0 Å². The topological polar surface area (TPSA) is 77.2 Å². The zero-order valence-electron chi connectivity index (χ0n) is 14.7. The maximum Gasteiger partial charge on any atom is 0.150 e. The molecule has 1 aromatic heterocycles. The van der Waals surface area contributed by atoms with Gasteiger partial charge in [0, 0.05) is 37.8 Å². The summed E-state index contributed by atoms with van der Waals surface area (Å²) in [5, 5.41) is 4.96. The van der Waals surface area contributed by atoms with Crippen LogP contribution in [0.1, 0.15) is 0 Å². The lowest BCUT2D eigenvalue weighted by molar-refractivity contribution is 0.380. The molecule has 0 aliphatic carbocycles. The molecule has 28 heavy (non-hydrogen) atoms. The van der Waals surface area contributed by atoms with E-state index in [2.05, 4.69) is 15.0 Å². The van der Waals surface area contributed by atoms with Gasteiger partial charge in [0.1, 0.15) is 22.0 Å². The Morgan fingerprint density at radius 2 is 1.61 bits per heavy atom. The number of nitrogens with one attached hydrogen (secondary N) is 3. The van der Waals surface area contributed by atoms with Crippen LogP contribution in [0.5, 0.6) is 0 Å². The number of hydrogen-bond acceptors (Lipinski definition) is 3. The number of H-pyrrole nitrogens is 1. The van der Waals surface area contributed by atoms with Crippen molar-refractivity contribution in [1.82, 2.24) is 14.6 Å². The summed E-state index contributed by atoms with van der Waals surface area (Å²) in [5.41, 5.74) is 1.33. The molecule has 148 valence electrons. The van der Waals surface area contributed by atoms with Crippen LogP contribution in [0.4, 0.5) is 5.69 Å². The van der Waals surface area contributed by atoms with Crippen LogP contribution in [0.3, 0.4) is 0 Å². The van der Waals surface area contributed by atoms with Gasteiger partial charge in [-0.05, 0) is 36.4 Å². The van der Waals surface area contributed by atoms with Crippen molar-refractivity contribution in [3.63, 3.8) is 0 Å². The number of nitrogens with zero attached hydrogens (tertiary/aromatic N) is 1. The SMILES string of the molecule is O=S(Nc1ccc(Cl)c2c(Cl)c[nH]c12)c1ccc(S(=O)N2CCNCC2)cc1. The molecule has 0 saturated carbocycles. The van der Waals surface area contributed by atoms with Gasteiger partial charge in [-0.25, -0.2) is 12.7 Å². The van der Waals surface area contributed by atoms with Crippen molar-refractivity contribution in [1.29, 1.82) is 0 Å². The Morgan fingerprint density at radius 3 is 2.32 bits per heavy atom. The first-order valence-corrected chi connectivity index (χ1v) is 11.7. The highest BCUT2D eigenvalue weighted by Crippen LogP contribution is 2.35. The van der Waals surface area contributed by atoms with Gasteiger partial charge >= 0.3 is 0 Å². The fraction of sp³-hybridized carbons (Fsp3) is 0.222. The van der Waals surface area contributed by atoms with Crippen LogP contribution in [-0.4, -0.2) is 43.9 Å². The highest BCUT2D eigenvalue weighted by molar-refractivity contribution is 7.86. The van der Waals surface area contributed by atoms with Crippen molar-refractivity contribution in [2.45, 2.75) is 9.79 Å². The van der Waals surface area contributed by atoms with Crippen molar-refractivity contribution in [2.24, 2.45) is 0 Å². The predicted octanol–water partition coefficient (Wildman–Crippen LogP) is 3.54. The third-order valence-corrected chi connectivity index (χ3v) is 7.72. The fourth-order valence-electron chi connectivity index (χ4n) is 3.05. The predicted molar refractivity (Wildman–Crippen MR) is 116 cm³/mol. The van der Waals surface area contributed by atoms with E-state index in [1.165, 1.54) is 0 Å². The Bertz CT molecular complexity index is 1050. The number of halogens is 2. The highest BCUT2D eigenvalue weighted by atomic mass is 35.5. The summed E-state index contributed by atoms with van der Waals surface area (Å²) in [7, 11) is -2.70. The Kier molecular flexibility index (Phi) is 6.05. The quantitative estimate of drug-likeness (QED) is 0.549. The van der Waals surface area contributed by atoms with E-state index < -0.39 is 22.0 Å². The Morgan fingerprint density at radius 1 is 0.929 bits per heavy atom. The second kappa shape index (κ2) is 8.52. The van der Waals surface area contributed by atoms with Gasteiger partial charge < -0.3 is 10.3 Å². The fourth-order valence-corrected chi connectivity index (χ4v) is 5.66. The van der Waals surface area contributed by atoms with Crippen LogP contribution in [0.2, 0.25) is 10.0 Å². The lowest BCUT2D eigenvalue weighted by atomic mass is 10.2. The Balaban J connectivity index is 1.51. The van der Waals surface area contributed by atoms with Gasteiger partial charge in [0.15, 0.2) is 0 Å². The summed E-state index contributed by atoms with van der Waals surface area (Å²) >= 11 is 12.4. The average Bonchev–Trinajstić information content (AvgIpc) is 3.13. The van der Waals surface area contributed by atoms with Gasteiger partial charge in [0.25, 0.3) is 0 Å². The Labute approximate surface area is 177 Å². The van der Waals surface area contributed by atoms with E-state index in [0.29, 0.717) is 36.4 Å². The first kappa shape index (κ1) is 19.9. The van der Waals surface area contributed by atoms with Gasteiger partial charge in [0.05, 0.1) is 31.0 Å². The molecule has 2 heterocycles. The molecule has 1 aliphatic heterocycles. The first-order valence-electron chi connectivity index (χ1n) is 8.66. The van der Waals surface area contributed by atoms with Crippen LogP contribution in [0.25, 0.3) is 10.9 Å². The first-order chi connectivity index (χ1) is 13.5. The van der Waals surface area contributed by atoms with Crippen LogP contribution in [-0.2, 0) is 22.0 Å². The van der Waals surface area contributed by atoms with Crippen molar-refractivity contribution in [3.05, 3.63) is 52.6 Å². The zero-order chi connectivity index (χ0) is 19.7. The number of aromatic nitrogens is 1. The number of aromatic amines is 1. The molecule has 3 aromatic rings. The lowest BCUT2D eigenvalue weighted by Gasteiger charge is -2.25. The normalized spacial score (nSPS) is 17.5. The van der Waals surface area contributed by atoms with E-state index in [0.717, 1.165) is 26.2 Å². The standard InChI is InChI=1S/C18H18Cl2N4O2S2/c19-14-5-6-16(18-17(14)15(20)11-22-18)23-27(25)12-1-3-13(4-2-12)28(26)24-9-7-21-8-10-24/h1-6,11,21-23H,7-10H2. The highest BCUT2D eigenvalue weighted by Gasteiger charge is 2.18. The maximum atomic E-state index is 12.8. The molecule has 6 nitrogen and oxygen atoms in total. The average molecular weight is 457 g/mol. The molecule has 4 rings (SSSR count). The van der Waals surface area contributed by atoms with Crippen LogP contribution >= 0.6 is 23.2 Å². The molecule has 1 fully saturated rings. The van der Waals surface area contributed by atoms with Gasteiger partial charge in [-0.1, -0.05) is 23.2 Å². The molecule has 0 bridgehead atoms. The monoisotopic (exact) mass is 456 g/mol.